The van der Waals surface area contributed by atoms with Crippen molar-refractivity contribution in [1.82, 2.24) is 10.1 Å². The summed E-state index contributed by atoms with van der Waals surface area (Å²) in [5.41, 5.74) is 6.18. The second-order valence-corrected chi connectivity index (χ2v) is 4.28. The van der Waals surface area contributed by atoms with Crippen molar-refractivity contribution in [1.29, 1.82) is 0 Å². The summed E-state index contributed by atoms with van der Waals surface area (Å²) in [5.74, 6) is -1.97. The van der Waals surface area contributed by atoms with Crippen molar-refractivity contribution in [3.05, 3.63) is 30.2 Å². The van der Waals surface area contributed by atoms with Gasteiger partial charge in [-0.1, -0.05) is 5.16 Å². The molecule has 2 aromatic rings. The normalized spacial score (nSPS) is 12.4. The minimum atomic E-state index is -4.68. The second kappa shape index (κ2) is 6.75. The van der Waals surface area contributed by atoms with Crippen LogP contribution in [0.5, 0.6) is 0 Å². The molecule has 0 saturated heterocycles. The molecule has 0 bridgehead atoms. The number of alkyl halides is 3. The van der Waals surface area contributed by atoms with Crippen LogP contribution in [0.1, 0.15) is 12.8 Å². The Kier molecular flexibility index (Phi) is 5.50. The van der Waals surface area contributed by atoms with Crippen LogP contribution in [0.3, 0.4) is 0 Å². The molecular weight excluding hydrogens is 325 g/mol. The lowest BCUT2D eigenvalue weighted by Crippen LogP contribution is -2.32. The maximum atomic E-state index is 12.3. The number of nitrogens with two attached hydrogens (primary N) is 1. The number of halogens is 4. The molecule has 1 aromatic heterocycles. The van der Waals surface area contributed by atoms with Gasteiger partial charge in [-0.3, -0.25) is 4.79 Å². The molecule has 3 N–H and O–H groups in total. The fourth-order valence-corrected chi connectivity index (χ4v) is 1.41. The average molecular weight is 337 g/mol. The highest BCUT2D eigenvalue weighted by Gasteiger charge is 2.38. The van der Waals surface area contributed by atoms with E-state index in [0.29, 0.717) is 11.3 Å². The maximum absolute atomic E-state index is 12.3. The molecule has 0 saturated carbocycles. The summed E-state index contributed by atoms with van der Waals surface area (Å²) in [6.45, 7) is 1.53. The van der Waals surface area contributed by atoms with Crippen molar-refractivity contribution in [3.63, 3.8) is 0 Å². The molecule has 0 aliphatic rings. The zero-order valence-corrected chi connectivity index (χ0v) is 12.0. The number of carbonyl (C=O) groups excluding carboxylic acids is 1. The van der Waals surface area contributed by atoms with E-state index in [1.807, 2.05) is 0 Å². The maximum Gasteiger partial charge on any atom is 0.471 e. The molecule has 1 heterocycles. The van der Waals surface area contributed by atoms with Crippen molar-refractivity contribution in [2.75, 3.05) is 5.32 Å². The van der Waals surface area contributed by atoms with Gasteiger partial charge in [-0.05, 0) is 31.2 Å². The molecular formula is C12H12ClF3N4O2. The van der Waals surface area contributed by atoms with Crippen LogP contribution in [0.4, 0.5) is 18.9 Å². The lowest BCUT2D eigenvalue weighted by Gasteiger charge is -2.07. The SMILES string of the molecule is C[C@H](N)C(=O)Nc1ccc(-c2noc(C(F)(F)F)n2)cc1.Cl. The van der Waals surface area contributed by atoms with Crippen LogP contribution in [0.2, 0.25) is 0 Å². The van der Waals surface area contributed by atoms with Crippen molar-refractivity contribution in [3.8, 4) is 11.4 Å². The first kappa shape index (κ1) is 17.9. The number of hydrogen-bond acceptors (Lipinski definition) is 5. The van der Waals surface area contributed by atoms with Gasteiger partial charge >= 0.3 is 12.1 Å². The standard InChI is InChI=1S/C12H11F3N4O2.ClH/c1-6(16)10(20)17-8-4-2-7(3-5-8)9-18-11(21-19-9)12(13,14)15;/h2-6H,16H2,1H3,(H,17,20);1H/t6-;/m0./s1. The molecule has 0 unspecified atom stereocenters. The molecule has 2 rings (SSSR count). The molecule has 10 heteroatoms. The predicted molar refractivity (Wildman–Crippen MR) is 74.3 cm³/mol. The Morgan fingerprint density at radius 2 is 1.91 bits per heavy atom. The first-order valence-electron chi connectivity index (χ1n) is 5.85. The average Bonchev–Trinajstić information content (AvgIpc) is 2.89. The van der Waals surface area contributed by atoms with Crippen LogP contribution in [0, 0.1) is 0 Å². The van der Waals surface area contributed by atoms with E-state index < -0.39 is 18.1 Å². The highest BCUT2D eigenvalue weighted by Crippen LogP contribution is 2.29. The van der Waals surface area contributed by atoms with Crippen LogP contribution >= 0.6 is 12.4 Å². The summed E-state index contributed by atoms with van der Waals surface area (Å²) in [6.07, 6.45) is -4.68. The van der Waals surface area contributed by atoms with Gasteiger partial charge in [-0.25, -0.2) is 0 Å². The van der Waals surface area contributed by atoms with Gasteiger partial charge in [0.15, 0.2) is 0 Å². The van der Waals surface area contributed by atoms with Gasteiger partial charge in [-0.2, -0.15) is 18.2 Å². The monoisotopic (exact) mass is 336 g/mol. The molecule has 22 heavy (non-hydrogen) atoms. The topological polar surface area (TPSA) is 94.0 Å². The summed E-state index contributed by atoms with van der Waals surface area (Å²) in [7, 11) is 0. The van der Waals surface area contributed by atoms with Gasteiger partial charge in [0.05, 0.1) is 6.04 Å². The summed E-state index contributed by atoms with van der Waals surface area (Å²) in [4.78, 5) is 14.6. The van der Waals surface area contributed by atoms with Crippen LogP contribution in [-0.2, 0) is 11.0 Å². The van der Waals surface area contributed by atoms with Crippen LogP contribution in [-0.4, -0.2) is 22.1 Å². The van der Waals surface area contributed by atoms with Crippen molar-refractivity contribution >= 4 is 24.0 Å². The lowest BCUT2D eigenvalue weighted by molar-refractivity contribution is -0.159. The largest absolute Gasteiger partial charge is 0.471 e. The molecule has 0 aliphatic carbocycles. The summed E-state index contributed by atoms with van der Waals surface area (Å²) >= 11 is 0. The van der Waals surface area contributed by atoms with Gasteiger partial charge < -0.3 is 15.6 Å². The number of amides is 1. The minimum Gasteiger partial charge on any atom is -0.329 e. The minimum absolute atomic E-state index is 0. The molecule has 120 valence electrons. The van der Waals surface area contributed by atoms with Gasteiger partial charge in [0.25, 0.3) is 0 Å². The fourth-order valence-electron chi connectivity index (χ4n) is 1.41. The van der Waals surface area contributed by atoms with Crippen LogP contribution in [0.15, 0.2) is 28.8 Å². The molecule has 0 aliphatic heterocycles. The highest BCUT2D eigenvalue weighted by atomic mass is 35.5. The van der Waals surface area contributed by atoms with Crippen molar-refractivity contribution < 1.29 is 22.5 Å². The molecule has 1 aromatic carbocycles. The number of benzene rings is 1. The Balaban J connectivity index is 0.00000242. The van der Waals surface area contributed by atoms with E-state index in [1.54, 1.807) is 0 Å². The Bertz CT molecular complexity index is 641. The van der Waals surface area contributed by atoms with E-state index in [-0.39, 0.29) is 24.1 Å². The van der Waals surface area contributed by atoms with Gasteiger partial charge in [0, 0.05) is 11.3 Å². The summed E-state index contributed by atoms with van der Waals surface area (Å²) in [5, 5.41) is 5.80. The molecule has 0 radical (unpaired) electrons. The third kappa shape index (κ3) is 4.18. The Morgan fingerprint density at radius 1 is 1.32 bits per heavy atom. The van der Waals surface area contributed by atoms with Crippen molar-refractivity contribution in [2.45, 2.75) is 19.1 Å². The summed E-state index contributed by atoms with van der Waals surface area (Å²) < 4.78 is 41.2. The first-order valence-corrected chi connectivity index (χ1v) is 5.85. The van der Waals surface area contributed by atoms with Crippen molar-refractivity contribution in [2.24, 2.45) is 5.73 Å². The third-order valence-corrected chi connectivity index (χ3v) is 2.49. The number of nitrogens with zero attached hydrogens (tertiary/aromatic N) is 2. The van der Waals surface area contributed by atoms with E-state index in [2.05, 4.69) is 20.0 Å². The molecule has 1 atom stereocenters. The Hall–Kier alpha value is -2.13. The Morgan fingerprint density at radius 3 is 2.36 bits per heavy atom. The zero-order chi connectivity index (χ0) is 15.6. The predicted octanol–water partition coefficient (Wildman–Crippen LogP) is 2.46. The number of nitrogens with one attached hydrogen (secondary N) is 1. The first-order chi connectivity index (χ1) is 9.77. The number of rotatable bonds is 3. The van der Waals surface area contributed by atoms with E-state index >= 15 is 0 Å². The number of aromatic nitrogens is 2. The number of carbonyl (C=O) groups is 1. The van der Waals surface area contributed by atoms with Crippen LogP contribution < -0.4 is 11.1 Å². The van der Waals surface area contributed by atoms with Gasteiger partial charge in [0.1, 0.15) is 0 Å². The number of anilines is 1. The third-order valence-electron chi connectivity index (χ3n) is 2.49. The highest BCUT2D eigenvalue weighted by molar-refractivity contribution is 5.94. The smallest absolute Gasteiger partial charge is 0.329 e. The lowest BCUT2D eigenvalue weighted by atomic mass is 10.2. The van der Waals surface area contributed by atoms with E-state index in [0.717, 1.165) is 0 Å². The van der Waals surface area contributed by atoms with Crippen LogP contribution in [0.25, 0.3) is 11.4 Å². The van der Waals surface area contributed by atoms with E-state index in [1.165, 1.54) is 31.2 Å². The fraction of sp³-hybridized carbons (Fsp3) is 0.250. The quantitative estimate of drug-likeness (QED) is 0.898. The zero-order valence-electron chi connectivity index (χ0n) is 11.2. The molecule has 0 fully saturated rings. The Labute approximate surface area is 129 Å². The number of hydrogen-bond donors (Lipinski definition) is 2. The van der Waals surface area contributed by atoms with E-state index in [9.17, 15) is 18.0 Å². The van der Waals surface area contributed by atoms with Gasteiger partial charge in [0.2, 0.25) is 11.7 Å². The molecule has 6 nitrogen and oxygen atoms in total. The van der Waals surface area contributed by atoms with Gasteiger partial charge in [-0.15, -0.1) is 12.4 Å². The second-order valence-electron chi connectivity index (χ2n) is 4.28. The van der Waals surface area contributed by atoms with E-state index in [4.69, 9.17) is 5.73 Å². The molecule has 1 amide bonds. The molecule has 0 spiro atoms. The summed E-state index contributed by atoms with van der Waals surface area (Å²) in [6, 6.07) is 5.25.